The minimum atomic E-state index is 0. The maximum Gasteiger partial charge on any atom is 0.255 e. The van der Waals surface area contributed by atoms with Gasteiger partial charge in [0.05, 0.1) is 5.56 Å². The summed E-state index contributed by atoms with van der Waals surface area (Å²) in [4.78, 5) is 14.9. The third kappa shape index (κ3) is 3.50. The predicted octanol–water partition coefficient (Wildman–Crippen LogP) is 3.26. The normalized spacial score (nSPS) is 14.9. The first-order valence-electron chi connectivity index (χ1n) is 8.34. The van der Waals surface area contributed by atoms with Crippen LogP contribution >= 0.6 is 12.4 Å². The van der Waals surface area contributed by atoms with E-state index in [9.17, 15) is 4.79 Å². The molecule has 0 saturated carbocycles. The van der Waals surface area contributed by atoms with Crippen molar-refractivity contribution in [2.75, 3.05) is 26.2 Å². The summed E-state index contributed by atoms with van der Waals surface area (Å²) in [5.41, 5.74) is 5.33. The van der Waals surface area contributed by atoms with Gasteiger partial charge in [-0.3, -0.25) is 4.79 Å². The first-order chi connectivity index (χ1) is 11.1. The second-order valence-electron chi connectivity index (χ2n) is 6.30. The number of amides is 1. The van der Waals surface area contributed by atoms with Crippen molar-refractivity contribution in [1.82, 2.24) is 14.8 Å². The zero-order valence-electron chi connectivity index (χ0n) is 14.6. The summed E-state index contributed by atoms with van der Waals surface area (Å²) >= 11 is 0. The molecule has 1 aromatic carbocycles. The molecule has 1 N–H and O–H groups in total. The van der Waals surface area contributed by atoms with E-state index in [1.165, 1.54) is 5.56 Å². The van der Waals surface area contributed by atoms with Gasteiger partial charge in [0.15, 0.2) is 0 Å². The Kier molecular flexibility index (Phi) is 6.08. The van der Waals surface area contributed by atoms with Crippen LogP contribution < -0.4 is 5.32 Å². The van der Waals surface area contributed by atoms with Gasteiger partial charge in [0.2, 0.25) is 0 Å². The number of para-hydroxylation sites is 1. The van der Waals surface area contributed by atoms with Crippen molar-refractivity contribution in [1.29, 1.82) is 0 Å². The molecule has 1 aliphatic rings. The van der Waals surface area contributed by atoms with Crippen molar-refractivity contribution in [2.24, 2.45) is 0 Å². The molecule has 130 valence electrons. The summed E-state index contributed by atoms with van der Waals surface area (Å²) in [7, 11) is 0. The van der Waals surface area contributed by atoms with E-state index in [0.717, 1.165) is 55.2 Å². The monoisotopic (exact) mass is 347 g/mol. The first-order valence-corrected chi connectivity index (χ1v) is 8.34. The van der Waals surface area contributed by atoms with Gasteiger partial charge in [0.1, 0.15) is 0 Å². The number of hydrogen-bond acceptors (Lipinski definition) is 2. The number of rotatable bonds is 2. The highest BCUT2D eigenvalue weighted by molar-refractivity contribution is 5.96. The van der Waals surface area contributed by atoms with E-state index in [4.69, 9.17) is 0 Å². The van der Waals surface area contributed by atoms with Crippen LogP contribution in [0.3, 0.4) is 0 Å². The van der Waals surface area contributed by atoms with E-state index in [-0.39, 0.29) is 18.3 Å². The van der Waals surface area contributed by atoms with Gasteiger partial charge < -0.3 is 14.8 Å². The van der Waals surface area contributed by atoms with Crippen LogP contribution in [-0.2, 0) is 0 Å². The Morgan fingerprint density at radius 2 is 1.83 bits per heavy atom. The Labute approximate surface area is 150 Å². The van der Waals surface area contributed by atoms with Gasteiger partial charge in [-0.1, -0.05) is 18.2 Å². The van der Waals surface area contributed by atoms with E-state index in [1.807, 2.05) is 30.0 Å². The van der Waals surface area contributed by atoms with Gasteiger partial charge in [-0.15, -0.1) is 12.4 Å². The van der Waals surface area contributed by atoms with Crippen molar-refractivity contribution >= 4 is 18.3 Å². The molecule has 4 nitrogen and oxygen atoms in total. The van der Waals surface area contributed by atoms with Crippen LogP contribution in [0.4, 0.5) is 0 Å². The Morgan fingerprint density at radius 3 is 2.58 bits per heavy atom. The third-order valence-corrected chi connectivity index (χ3v) is 4.65. The smallest absolute Gasteiger partial charge is 0.255 e. The Morgan fingerprint density at radius 1 is 1.08 bits per heavy atom. The van der Waals surface area contributed by atoms with Gasteiger partial charge in [-0.05, 0) is 51.4 Å². The molecule has 1 fully saturated rings. The molecule has 1 aromatic heterocycles. The van der Waals surface area contributed by atoms with Crippen molar-refractivity contribution < 1.29 is 4.79 Å². The SMILES string of the molecule is Cc1ccccc1-n1c(C)cc(C(=O)N2CCCNCC2)c1C.Cl. The number of aryl methyl sites for hydroxylation is 2. The average molecular weight is 348 g/mol. The van der Waals surface area contributed by atoms with Crippen LogP contribution in [0.1, 0.15) is 33.7 Å². The fourth-order valence-corrected chi connectivity index (χ4v) is 3.38. The average Bonchev–Trinajstić information content (AvgIpc) is 2.74. The van der Waals surface area contributed by atoms with Crippen molar-refractivity contribution in [2.45, 2.75) is 27.2 Å². The third-order valence-electron chi connectivity index (χ3n) is 4.65. The van der Waals surface area contributed by atoms with Crippen LogP contribution in [-0.4, -0.2) is 41.6 Å². The number of benzene rings is 1. The molecule has 1 saturated heterocycles. The van der Waals surface area contributed by atoms with Crippen molar-refractivity contribution in [3.8, 4) is 5.69 Å². The predicted molar refractivity (Wildman–Crippen MR) is 101 cm³/mol. The van der Waals surface area contributed by atoms with Crippen LogP contribution in [0, 0.1) is 20.8 Å². The second-order valence-corrected chi connectivity index (χ2v) is 6.30. The highest BCUT2D eigenvalue weighted by Gasteiger charge is 2.22. The lowest BCUT2D eigenvalue weighted by molar-refractivity contribution is 0.0765. The molecule has 0 bridgehead atoms. The molecule has 0 atom stereocenters. The summed E-state index contributed by atoms with van der Waals surface area (Å²) in [6, 6.07) is 10.3. The lowest BCUT2D eigenvalue weighted by Crippen LogP contribution is -2.34. The zero-order valence-corrected chi connectivity index (χ0v) is 15.4. The molecule has 0 radical (unpaired) electrons. The van der Waals surface area contributed by atoms with Crippen LogP contribution in [0.25, 0.3) is 5.69 Å². The Hall–Kier alpha value is -1.78. The molecule has 0 aliphatic carbocycles. The van der Waals surface area contributed by atoms with Gasteiger partial charge in [-0.25, -0.2) is 0 Å². The summed E-state index contributed by atoms with van der Waals surface area (Å²) in [5.74, 6) is 0.154. The number of nitrogens with zero attached hydrogens (tertiary/aromatic N) is 2. The molecule has 2 aromatic rings. The van der Waals surface area contributed by atoms with E-state index in [0.29, 0.717) is 0 Å². The van der Waals surface area contributed by atoms with Crippen LogP contribution in [0.15, 0.2) is 30.3 Å². The highest BCUT2D eigenvalue weighted by Crippen LogP contribution is 2.24. The number of carbonyl (C=O) groups is 1. The van der Waals surface area contributed by atoms with E-state index in [2.05, 4.69) is 35.9 Å². The molecular formula is C19H26ClN3O. The number of carbonyl (C=O) groups excluding carboxylic acids is 1. The Balaban J connectivity index is 0.00000208. The molecule has 0 spiro atoms. The largest absolute Gasteiger partial charge is 0.337 e. The Bertz CT molecular complexity index is 715. The lowest BCUT2D eigenvalue weighted by atomic mass is 10.2. The van der Waals surface area contributed by atoms with E-state index in [1.54, 1.807) is 0 Å². The first kappa shape index (κ1) is 18.6. The number of aromatic nitrogens is 1. The number of nitrogens with one attached hydrogen (secondary N) is 1. The molecule has 2 heterocycles. The van der Waals surface area contributed by atoms with Crippen molar-refractivity contribution in [3.63, 3.8) is 0 Å². The maximum absolute atomic E-state index is 12.9. The van der Waals surface area contributed by atoms with Gasteiger partial charge in [-0.2, -0.15) is 0 Å². The molecule has 1 aliphatic heterocycles. The summed E-state index contributed by atoms with van der Waals surface area (Å²) in [5, 5.41) is 3.35. The molecule has 0 unspecified atom stereocenters. The van der Waals surface area contributed by atoms with E-state index < -0.39 is 0 Å². The summed E-state index contributed by atoms with van der Waals surface area (Å²) in [6.07, 6.45) is 1.02. The fraction of sp³-hybridized carbons (Fsp3) is 0.421. The quantitative estimate of drug-likeness (QED) is 0.905. The maximum atomic E-state index is 12.9. The minimum Gasteiger partial charge on any atom is -0.337 e. The van der Waals surface area contributed by atoms with Crippen molar-refractivity contribution in [3.05, 3.63) is 52.8 Å². The summed E-state index contributed by atoms with van der Waals surface area (Å²) in [6.45, 7) is 9.71. The lowest BCUT2D eigenvalue weighted by Gasteiger charge is -2.20. The molecule has 1 amide bonds. The molecular weight excluding hydrogens is 322 g/mol. The molecule has 24 heavy (non-hydrogen) atoms. The highest BCUT2D eigenvalue weighted by atomic mass is 35.5. The molecule has 3 rings (SSSR count). The van der Waals surface area contributed by atoms with Gasteiger partial charge >= 0.3 is 0 Å². The topological polar surface area (TPSA) is 37.3 Å². The molecule has 5 heteroatoms. The van der Waals surface area contributed by atoms with Gasteiger partial charge in [0.25, 0.3) is 5.91 Å². The van der Waals surface area contributed by atoms with E-state index >= 15 is 0 Å². The standard InChI is InChI=1S/C19H25N3O.ClH/c1-14-7-4-5-8-18(14)22-15(2)13-17(16(22)3)19(23)21-11-6-9-20-10-12-21;/h4-5,7-8,13,20H,6,9-12H2,1-3H3;1H. The second kappa shape index (κ2) is 7.86. The number of hydrogen-bond donors (Lipinski definition) is 1. The fourth-order valence-electron chi connectivity index (χ4n) is 3.38. The van der Waals surface area contributed by atoms with Gasteiger partial charge in [0, 0.05) is 36.7 Å². The number of halogens is 1. The van der Waals surface area contributed by atoms with Crippen LogP contribution in [0.2, 0.25) is 0 Å². The summed E-state index contributed by atoms with van der Waals surface area (Å²) < 4.78 is 2.19. The van der Waals surface area contributed by atoms with Crippen LogP contribution in [0.5, 0.6) is 0 Å². The minimum absolute atomic E-state index is 0. The zero-order chi connectivity index (χ0) is 16.4.